The predicted octanol–water partition coefficient (Wildman–Crippen LogP) is 3.26. The summed E-state index contributed by atoms with van der Waals surface area (Å²) >= 11 is 0. The van der Waals surface area contributed by atoms with E-state index in [0.29, 0.717) is 18.2 Å². The Kier molecular flexibility index (Phi) is 4.51. The summed E-state index contributed by atoms with van der Waals surface area (Å²) in [6, 6.07) is 0. The Morgan fingerprint density at radius 1 is 1.47 bits per heavy atom. The van der Waals surface area contributed by atoms with E-state index in [0.717, 1.165) is 30.1 Å². The van der Waals surface area contributed by atoms with E-state index in [9.17, 15) is 4.79 Å². The summed E-state index contributed by atoms with van der Waals surface area (Å²) in [4.78, 5) is 20.7. The van der Waals surface area contributed by atoms with Crippen molar-refractivity contribution in [3.05, 3.63) is 23.3 Å². The lowest BCUT2D eigenvalue weighted by Gasteiger charge is -2.25. The second-order valence-electron chi connectivity index (χ2n) is 5.45. The number of hydrogen-bond acceptors (Lipinski definition) is 4. The Morgan fingerprint density at radius 2 is 2.26 bits per heavy atom. The average molecular weight is 262 g/mol. The topological polar surface area (TPSA) is 52.1 Å². The first-order valence-electron chi connectivity index (χ1n) is 7.12. The Morgan fingerprint density at radius 3 is 2.95 bits per heavy atom. The maximum absolute atomic E-state index is 11.9. The van der Waals surface area contributed by atoms with Crippen molar-refractivity contribution in [1.82, 2.24) is 9.97 Å². The van der Waals surface area contributed by atoms with Crippen LogP contribution in [0.15, 0.2) is 6.20 Å². The predicted molar refractivity (Wildman–Crippen MR) is 73.1 cm³/mol. The van der Waals surface area contributed by atoms with E-state index in [1.54, 1.807) is 13.1 Å². The molecule has 1 aliphatic carbocycles. The number of rotatable bonds is 3. The van der Waals surface area contributed by atoms with Crippen molar-refractivity contribution in [3.8, 4) is 0 Å². The lowest BCUT2D eigenvalue weighted by molar-refractivity contribution is 0.0517. The third-order valence-electron chi connectivity index (χ3n) is 3.76. The molecule has 1 aromatic heterocycles. The molecule has 1 heterocycles. The highest BCUT2D eigenvalue weighted by Crippen LogP contribution is 2.34. The Bertz CT molecular complexity index is 459. The van der Waals surface area contributed by atoms with Gasteiger partial charge in [-0.15, -0.1) is 0 Å². The first-order chi connectivity index (χ1) is 9.11. The lowest BCUT2D eigenvalue weighted by Crippen LogP contribution is -2.17. The fourth-order valence-corrected chi connectivity index (χ4v) is 2.73. The van der Waals surface area contributed by atoms with Crippen LogP contribution in [0.5, 0.6) is 0 Å². The van der Waals surface area contributed by atoms with Crippen LogP contribution >= 0.6 is 0 Å². The van der Waals surface area contributed by atoms with Crippen LogP contribution in [0.4, 0.5) is 0 Å². The quantitative estimate of drug-likeness (QED) is 0.785. The highest BCUT2D eigenvalue weighted by Gasteiger charge is 2.24. The van der Waals surface area contributed by atoms with Crippen molar-refractivity contribution in [1.29, 1.82) is 0 Å². The fraction of sp³-hybridized carbons (Fsp3) is 0.667. The van der Waals surface area contributed by atoms with Crippen molar-refractivity contribution in [2.24, 2.45) is 5.92 Å². The SMILES string of the molecule is CCOC(=O)c1nc(C2CCCC(C)C2)ncc1C. The average Bonchev–Trinajstić information content (AvgIpc) is 2.39. The lowest BCUT2D eigenvalue weighted by atomic mass is 9.82. The van der Waals surface area contributed by atoms with Crippen molar-refractivity contribution >= 4 is 5.97 Å². The van der Waals surface area contributed by atoms with Crippen LogP contribution in [0.25, 0.3) is 0 Å². The maximum atomic E-state index is 11.9. The molecular formula is C15H22N2O2. The van der Waals surface area contributed by atoms with Gasteiger partial charge in [-0.2, -0.15) is 0 Å². The number of carbonyl (C=O) groups is 1. The van der Waals surface area contributed by atoms with Crippen molar-refractivity contribution in [2.75, 3.05) is 6.61 Å². The molecule has 0 spiro atoms. The molecule has 2 rings (SSSR count). The largest absolute Gasteiger partial charge is 0.461 e. The smallest absolute Gasteiger partial charge is 0.357 e. The van der Waals surface area contributed by atoms with E-state index in [1.165, 1.54) is 12.8 Å². The molecule has 0 aliphatic heterocycles. The van der Waals surface area contributed by atoms with Gasteiger partial charge < -0.3 is 4.74 Å². The Hall–Kier alpha value is -1.45. The number of aryl methyl sites for hydroxylation is 1. The molecule has 1 saturated carbocycles. The molecule has 1 aromatic rings. The van der Waals surface area contributed by atoms with Gasteiger partial charge in [0.2, 0.25) is 0 Å². The standard InChI is InChI=1S/C15H22N2O2/c1-4-19-15(18)13-11(3)9-16-14(17-13)12-7-5-6-10(2)8-12/h9-10,12H,4-8H2,1-3H3. The van der Waals surface area contributed by atoms with Gasteiger partial charge in [0.1, 0.15) is 5.82 Å². The van der Waals surface area contributed by atoms with Crippen LogP contribution < -0.4 is 0 Å². The van der Waals surface area contributed by atoms with Crippen LogP contribution in [0.1, 0.15) is 67.3 Å². The Balaban J connectivity index is 2.22. The summed E-state index contributed by atoms with van der Waals surface area (Å²) in [5, 5.41) is 0. The maximum Gasteiger partial charge on any atom is 0.357 e. The minimum atomic E-state index is -0.340. The summed E-state index contributed by atoms with van der Waals surface area (Å²) in [5.74, 6) is 1.57. The first kappa shape index (κ1) is 14.0. The number of aromatic nitrogens is 2. The van der Waals surface area contributed by atoms with Crippen molar-refractivity contribution in [3.63, 3.8) is 0 Å². The molecule has 1 aliphatic rings. The fourth-order valence-electron chi connectivity index (χ4n) is 2.73. The molecular weight excluding hydrogens is 240 g/mol. The van der Waals surface area contributed by atoms with E-state index in [1.807, 2.05) is 6.92 Å². The van der Waals surface area contributed by atoms with Crippen LogP contribution in [0, 0.1) is 12.8 Å². The molecule has 19 heavy (non-hydrogen) atoms. The van der Waals surface area contributed by atoms with Crippen LogP contribution in [0.3, 0.4) is 0 Å². The van der Waals surface area contributed by atoms with Crippen LogP contribution in [0.2, 0.25) is 0 Å². The van der Waals surface area contributed by atoms with E-state index < -0.39 is 0 Å². The van der Waals surface area contributed by atoms with E-state index in [-0.39, 0.29) is 5.97 Å². The summed E-state index contributed by atoms with van der Waals surface area (Å²) in [7, 11) is 0. The molecule has 2 atom stereocenters. The highest BCUT2D eigenvalue weighted by molar-refractivity contribution is 5.88. The molecule has 1 fully saturated rings. The zero-order chi connectivity index (χ0) is 13.8. The minimum absolute atomic E-state index is 0.340. The molecule has 0 N–H and O–H groups in total. The molecule has 0 bridgehead atoms. The zero-order valence-corrected chi connectivity index (χ0v) is 12.0. The molecule has 0 aromatic carbocycles. The minimum Gasteiger partial charge on any atom is -0.461 e. The van der Waals surface area contributed by atoms with Gasteiger partial charge in [-0.25, -0.2) is 14.8 Å². The second-order valence-corrected chi connectivity index (χ2v) is 5.45. The molecule has 0 radical (unpaired) electrons. The van der Waals surface area contributed by atoms with Gasteiger partial charge in [0.05, 0.1) is 6.61 Å². The summed E-state index contributed by atoms with van der Waals surface area (Å²) < 4.78 is 5.04. The second kappa shape index (κ2) is 6.13. The van der Waals surface area contributed by atoms with E-state index in [2.05, 4.69) is 16.9 Å². The third kappa shape index (κ3) is 3.31. The van der Waals surface area contributed by atoms with Gasteiger partial charge in [-0.3, -0.25) is 0 Å². The van der Waals surface area contributed by atoms with E-state index in [4.69, 9.17) is 4.74 Å². The van der Waals surface area contributed by atoms with Gasteiger partial charge in [-0.1, -0.05) is 19.8 Å². The summed E-state index contributed by atoms with van der Waals surface area (Å²) in [6.45, 7) is 6.29. The normalized spacial score (nSPS) is 23.1. The number of esters is 1. The molecule has 0 saturated heterocycles. The summed E-state index contributed by atoms with van der Waals surface area (Å²) in [5.41, 5.74) is 1.20. The highest BCUT2D eigenvalue weighted by atomic mass is 16.5. The number of ether oxygens (including phenoxy) is 1. The molecule has 4 nitrogen and oxygen atoms in total. The van der Waals surface area contributed by atoms with Gasteiger partial charge in [0, 0.05) is 17.7 Å². The first-order valence-corrected chi connectivity index (χ1v) is 7.12. The monoisotopic (exact) mass is 262 g/mol. The van der Waals surface area contributed by atoms with Crippen molar-refractivity contribution in [2.45, 2.75) is 52.4 Å². The summed E-state index contributed by atoms with van der Waals surface area (Å²) in [6.07, 6.45) is 6.49. The van der Waals surface area contributed by atoms with E-state index >= 15 is 0 Å². The molecule has 2 unspecified atom stereocenters. The molecule has 104 valence electrons. The van der Waals surface area contributed by atoms with Gasteiger partial charge in [-0.05, 0) is 32.6 Å². The van der Waals surface area contributed by atoms with Gasteiger partial charge in [0.25, 0.3) is 0 Å². The molecule has 0 amide bonds. The Labute approximate surface area is 114 Å². The third-order valence-corrected chi connectivity index (χ3v) is 3.76. The zero-order valence-electron chi connectivity index (χ0n) is 12.0. The van der Waals surface area contributed by atoms with Crippen LogP contribution in [-0.4, -0.2) is 22.5 Å². The van der Waals surface area contributed by atoms with Crippen LogP contribution in [-0.2, 0) is 4.74 Å². The number of carbonyl (C=O) groups excluding carboxylic acids is 1. The van der Waals surface area contributed by atoms with Gasteiger partial charge >= 0.3 is 5.97 Å². The van der Waals surface area contributed by atoms with Crippen molar-refractivity contribution < 1.29 is 9.53 Å². The van der Waals surface area contributed by atoms with Gasteiger partial charge in [0.15, 0.2) is 5.69 Å². The number of hydrogen-bond donors (Lipinski definition) is 0. The molecule has 4 heteroatoms. The number of nitrogens with zero attached hydrogens (tertiary/aromatic N) is 2.